The molecule has 6 heteroatoms. The molecule has 1 aliphatic rings. The van der Waals surface area contributed by atoms with E-state index in [2.05, 4.69) is 26.6 Å². The lowest BCUT2D eigenvalue weighted by molar-refractivity contribution is -0.114. The molecule has 0 saturated heterocycles. The first-order valence-electron chi connectivity index (χ1n) is 5.08. The number of carbonyl (C=O) groups excluding carboxylic acids is 2. The fraction of sp³-hybridized carbons (Fsp3) is 0.273. The summed E-state index contributed by atoms with van der Waals surface area (Å²) in [6.07, 6.45) is 0. The maximum absolute atomic E-state index is 11.8. The molecule has 1 heterocycles. The van der Waals surface area contributed by atoms with E-state index in [1.807, 2.05) is 0 Å². The Balaban J connectivity index is 2.44. The van der Waals surface area contributed by atoms with Gasteiger partial charge in [-0.2, -0.15) is 0 Å². The van der Waals surface area contributed by atoms with Crippen LogP contribution in [-0.4, -0.2) is 37.4 Å². The SMILES string of the molecule is CN(C)C(=O)c1cc(Br)c2c(c1)NCC(=O)N2. The molecule has 0 unspecified atom stereocenters. The van der Waals surface area contributed by atoms with Crippen LogP contribution in [0.3, 0.4) is 0 Å². The highest BCUT2D eigenvalue weighted by molar-refractivity contribution is 9.10. The number of fused-ring (bicyclic) bond motifs is 1. The van der Waals surface area contributed by atoms with Crippen molar-refractivity contribution in [1.82, 2.24) is 4.90 Å². The molecular weight excluding hydrogens is 286 g/mol. The van der Waals surface area contributed by atoms with Gasteiger partial charge in [0.05, 0.1) is 17.9 Å². The first kappa shape index (κ1) is 11.9. The molecule has 90 valence electrons. The number of halogens is 1. The molecule has 0 aromatic heterocycles. The van der Waals surface area contributed by atoms with E-state index >= 15 is 0 Å². The van der Waals surface area contributed by atoms with Crippen LogP contribution in [-0.2, 0) is 4.79 Å². The van der Waals surface area contributed by atoms with Crippen molar-refractivity contribution in [2.75, 3.05) is 31.3 Å². The van der Waals surface area contributed by atoms with Gasteiger partial charge in [-0.3, -0.25) is 9.59 Å². The van der Waals surface area contributed by atoms with Gasteiger partial charge in [-0.1, -0.05) is 0 Å². The second-order valence-electron chi connectivity index (χ2n) is 3.98. The Morgan fingerprint density at radius 2 is 2.12 bits per heavy atom. The molecule has 2 N–H and O–H groups in total. The minimum Gasteiger partial charge on any atom is -0.374 e. The molecule has 0 spiro atoms. The topological polar surface area (TPSA) is 61.4 Å². The maximum atomic E-state index is 11.8. The van der Waals surface area contributed by atoms with Crippen molar-refractivity contribution >= 4 is 39.1 Å². The summed E-state index contributed by atoms with van der Waals surface area (Å²) in [5.74, 6) is -0.169. The number of hydrogen-bond acceptors (Lipinski definition) is 3. The van der Waals surface area contributed by atoms with E-state index in [0.717, 1.165) is 5.69 Å². The number of nitrogens with one attached hydrogen (secondary N) is 2. The zero-order chi connectivity index (χ0) is 12.6. The van der Waals surface area contributed by atoms with Crippen molar-refractivity contribution in [1.29, 1.82) is 0 Å². The normalized spacial score (nSPS) is 13.5. The molecule has 0 atom stereocenters. The van der Waals surface area contributed by atoms with E-state index in [-0.39, 0.29) is 18.4 Å². The highest BCUT2D eigenvalue weighted by Crippen LogP contribution is 2.34. The molecule has 0 bridgehead atoms. The number of amides is 2. The Hall–Kier alpha value is -1.56. The van der Waals surface area contributed by atoms with Crippen LogP contribution in [0.25, 0.3) is 0 Å². The molecule has 0 aliphatic carbocycles. The Morgan fingerprint density at radius 1 is 1.41 bits per heavy atom. The van der Waals surface area contributed by atoms with Crippen molar-refractivity contribution in [2.45, 2.75) is 0 Å². The van der Waals surface area contributed by atoms with Gasteiger partial charge in [0.1, 0.15) is 0 Å². The van der Waals surface area contributed by atoms with Crippen molar-refractivity contribution in [3.8, 4) is 0 Å². The molecule has 5 nitrogen and oxygen atoms in total. The van der Waals surface area contributed by atoms with Crippen LogP contribution in [0.4, 0.5) is 11.4 Å². The van der Waals surface area contributed by atoms with Gasteiger partial charge in [-0.15, -0.1) is 0 Å². The molecular formula is C11H12BrN3O2. The first-order chi connectivity index (χ1) is 7.99. The fourth-order valence-corrected chi connectivity index (χ4v) is 2.17. The summed E-state index contributed by atoms with van der Waals surface area (Å²) in [5.41, 5.74) is 2.00. The molecule has 1 aromatic carbocycles. The molecule has 0 fully saturated rings. The summed E-state index contributed by atoms with van der Waals surface area (Å²) in [6.45, 7) is 0.221. The molecule has 0 saturated carbocycles. The number of anilines is 2. The van der Waals surface area contributed by atoms with Crippen LogP contribution in [0.5, 0.6) is 0 Å². The summed E-state index contributed by atoms with van der Waals surface area (Å²) in [4.78, 5) is 24.6. The monoisotopic (exact) mass is 297 g/mol. The Morgan fingerprint density at radius 3 is 2.76 bits per heavy atom. The molecule has 0 radical (unpaired) electrons. The molecule has 1 aliphatic heterocycles. The Labute approximate surface area is 107 Å². The number of hydrogen-bond donors (Lipinski definition) is 2. The van der Waals surface area contributed by atoms with Crippen LogP contribution in [0.1, 0.15) is 10.4 Å². The highest BCUT2D eigenvalue weighted by Gasteiger charge is 2.20. The fourth-order valence-electron chi connectivity index (χ4n) is 1.61. The summed E-state index contributed by atoms with van der Waals surface area (Å²) < 4.78 is 0.695. The van der Waals surface area contributed by atoms with Crippen molar-refractivity contribution in [2.24, 2.45) is 0 Å². The van der Waals surface area contributed by atoms with Crippen LogP contribution in [0.15, 0.2) is 16.6 Å². The number of rotatable bonds is 1. The molecule has 2 amide bonds. The quantitative estimate of drug-likeness (QED) is 0.826. The number of carbonyl (C=O) groups is 2. The zero-order valence-electron chi connectivity index (χ0n) is 9.50. The summed E-state index contributed by atoms with van der Waals surface area (Å²) >= 11 is 3.35. The minimum atomic E-state index is -0.0927. The highest BCUT2D eigenvalue weighted by atomic mass is 79.9. The summed E-state index contributed by atoms with van der Waals surface area (Å²) in [6, 6.07) is 3.44. The summed E-state index contributed by atoms with van der Waals surface area (Å²) in [5, 5.41) is 5.72. The van der Waals surface area contributed by atoms with E-state index in [1.165, 1.54) is 4.90 Å². The summed E-state index contributed by atoms with van der Waals surface area (Å²) in [7, 11) is 3.40. The third-order valence-corrected chi connectivity index (χ3v) is 3.07. The van der Waals surface area contributed by atoms with Gasteiger partial charge in [0, 0.05) is 24.1 Å². The minimum absolute atomic E-state index is 0.0767. The molecule has 2 rings (SSSR count). The average molecular weight is 298 g/mol. The molecule has 1 aromatic rings. The van der Waals surface area contributed by atoms with Crippen LogP contribution >= 0.6 is 15.9 Å². The van der Waals surface area contributed by atoms with Gasteiger partial charge >= 0.3 is 0 Å². The van der Waals surface area contributed by atoms with E-state index in [1.54, 1.807) is 26.2 Å². The van der Waals surface area contributed by atoms with Gasteiger partial charge in [0.15, 0.2) is 0 Å². The lowest BCUT2D eigenvalue weighted by Crippen LogP contribution is -2.28. The van der Waals surface area contributed by atoms with Crippen LogP contribution in [0.2, 0.25) is 0 Å². The van der Waals surface area contributed by atoms with Crippen LogP contribution < -0.4 is 10.6 Å². The third-order valence-electron chi connectivity index (χ3n) is 2.45. The van der Waals surface area contributed by atoms with Crippen molar-refractivity contribution in [3.63, 3.8) is 0 Å². The second-order valence-corrected chi connectivity index (χ2v) is 4.84. The maximum Gasteiger partial charge on any atom is 0.253 e. The number of nitrogens with zero attached hydrogens (tertiary/aromatic N) is 1. The van der Waals surface area contributed by atoms with E-state index < -0.39 is 0 Å². The van der Waals surface area contributed by atoms with Gasteiger partial charge in [0.2, 0.25) is 5.91 Å². The van der Waals surface area contributed by atoms with Gasteiger partial charge in [-0.05, 0) is 28.1 Å². The first-order valence-corrected chi connectivity index (χ1v) is 5.87. The predicted molar refractivity (Wildman–Crippen MR) is 69.3 cm³/mol. The van der Waals surface area contributed by atoms with Gasteiger partial charge < -0.3 is 15.5 Å². The standard InChI is InChI=1S/C11H12BrN3O2/c1-15(2)11(17)6-3-7(12)10-8(4-6)13-5-9(16)14-10/h3-4,13H,5H2,1-2H3,(H,14,16). The smallest absolute Gasteiger partial charge is 0.253 e. The third kappa shape index (κ3) is 2.26. The van der Waals surface area contributed by atoms with Gasteiger partial charge in [-0.25, -0.2) is 0 Å². The lowest BCUT2D eigenvalue weighted by atomic mass is 10.1. The lowest BCUT2D eigenvalue weighted by Gasteiger charge is -2.21. The average Bonchev–Trinajstić information content (AvgIpc) is 2.28. The second kappa shape index (κ2) is 4.37. The van der Waals surface area contributed by atoms with Gasteiger partial charge in [0.25, 0.3) is 5.91 Å². The largest absolute Gasteiger partial charge is 0.374 e. The molecule has 17 heavy (non-hydrogen) atoms. The Kier molecular flexibility index (Phi) is 3.06. The predicted octanol–water partition coefficient (Wildman–Crippen LogP) is 1.51. The van der Waals surface area contributed by atoms with Crippen LogP contribution in [0, 0.1) is 0 Å². The van der Waals surface area contributed by atoms with E-state index in [4.69, 9.17) is 0 Å². The number of benzene rings is 1. The zero-order valence-corrected chi connectivity index (χ0v) is 11.1. The van der Waals surface area contributed by atoms with E-state index in [9.17, 15) is 9.59 Å². The van der Waals surface area contributed by atoms with Crippen molar-refractivity contribution in [3.05, 3.63) is 22.2 Å². The Bertz CT molecular complexity index is 500. The van der Waals surface area contributed by atoms with E-state index in [0.29, 0.717) is 15.7 Å². The van der Waals surface area contributed by atoms with Crippen molar-refractivity contribution < 1.29 is 9.59 Å².